The molecule has 4 heteroatoms. The highest BCUT2D eigenvalue weighted by Crippen LogP contribution is 2.48. The molecule has 1 aromatic rings. The molecule has 110 valence electrons. The molecule has 1 saturated carbocycles. The van der Waals surface area contributed by atoms with Crippen LogP contribution in [0.2, 0.25) is 0 Å². The summed E-state index contributed by atoms with van der Waals surface area (Å²) < 4.78 is 0. The molecule has 0 bridgehead atoms. The van der Waals surface area contributed by atoms with E-state index in [1.165, 1.54) is 5.56 Å². The number of aliphatic hydroxyl groups is 1. The van der Waals surface area contributed by atoms with Gasteiger partial charge in [0.2, 0.25) is 5.91 Å². The second kappa shape index (κ2) is 6.64. The molecule has 2 unspecified atom stereocenters. The molecule has 3 nitrogen and oxygen atoms in total. The van der Waals surface area contributed by atoms with Gasteiger partial charge in [0, 0.05) is 11.3 Å². The zero-order chi connectivity index (χ0) is 14.6. The van der Waals surface area contributed by atoms with Crippen molar-refractivity contribution >= 4 is 17.7 Å². The Hall–Kier alpha value is -1.00. The first-order valence-electron chi connectivity index (χ1n) is 7.10. The second-order valence-corrected chi connectivity index (χ2v) is 6.74. The average molecular weight is 293 g/mol. The highest BCUT2D eigenvalue weighted by atomic mass is 32.2. The van der Waals surface area contributed by atoms with Gasteiger partial charge in [0.15, 0.2) is 0 Å². The van der Waals surface area contributed by atoms with Crippen molar-refractivity contribution in [1.29, 1.82) is 0 Å². The molecule has 1 fully saturated rings. The number of nitrogens with one attached hydrogen (secondary N) is 1. The van der Waals surface area contributed by atoms with E-state index in [2.05, 4.69) is 17.4 Å². The second-order valence-electron chi connectivity index (χ2n) is 5.66. The van der Waals surface area contributed by atoms with Gasteiger partial charge in [-0.2, -0.15) is 11.8 Å². The minimum absolute atomic E-state index is 0.00394. The summed E-state index contributed by atoms with van der Waals surface area (Å²) >= 11 is 1.59. The molecular weight excluding hydrogens is 270 g/mol. The molecule has 1 amide bonds. The largest absolute Gasteiger partial charge is 0.395 e. The molecule has 0 spiro atoms. The maximum Gasteiger partial charge on any atom is 0.226 e. The maximum absolute atomic E-state index is 12.5. The van der Waals surface area contributed by atoms with Crippen LogP contribution in [0.15, 0.2) is 30.3 Å². The predicted octanol–water partition coefficient (Wildman–Crippen LogP) is 2.24. The lowest BCUT2D eigenvalue weighted by Gasteiger charge is -2.24. The van der Waals surface area contributed by atoms with Crippen molar-refractivity contribution < 1.29 is 9.90 Å². The number of carbonyl (C=O) groups is 1. The molecule has 0 heterocycles. The van der Waals surface area contributed by atoms with Gasteiger partial charge in [0.1, 0.15) is 0 Å². The van der Waals surface area contributed by atoms with Crippen LogP contribution in [-0.4, -0.2) is 35.2 Å². The van der Waals surface area contributed by atoms with Gasteiger partial charge in [-0.1, -0.05) is 30.3 Å². The summed E-state index contributed by atoms with van der Waals surface area (Å²) in [5.74, 6) is 0.140. The quantitative estimate of drug-likeness (QED) is 0.810. The Morgan fingerprint density at radius 1 is 1.40 bits per heavy atom. The van der Waals surface area contributed by atoms with E-state index in [9.17, 15) is 9.90 Å². The molecule has 2 N–H and O–H groups in total. The molecule has 2 atom stereocenters. The summed E-state index contributed by atoms with van der Waals surface area (Å²) in [5, 5.41) is 12.4. The molecule has 0 radical (unpaired) electrons. The monoisotopic (exact) mass is 293 g/mol. The summed E-state index contributed by atoms with van der Waals surface area (Å²) in [6.07, 6.45) is 4.70. The van der Waals surface area contributed by atoms with Crippen molar-refractivity contribution in [2.75, 3.05) is 12.9 Å². The van der Waals surface area contributed by atoms with Crippen LogP contribution < -0.4 is 5.32 Å². The SMILES string of the molecule is CSC(CO)C(C)NC(=O)C1(Cc2ccccc2)CC1. The lowest BCUT2D eigenvalue weighted by atomic mass is 9.95. The molecule has 0 aliphatic heterocycles. The Kier molecular flexibility index (Phi) is 5.11. The first kappa shape index (κ1) is 15.4. The topological polar surface area (TPSA) is 49.3 Å². The molecule has 1 aliphatic carbocycles. The van der Waals surface area contributed by atoms with Gasteiger partial charge in [-0.05, 0) is 38.0 Å². The fourth-order valence-electron chi connectivity index (χ4n) is 2.51. The number of rotatable bonds is 7. The lowest BCUT2D eigenvalue weighted by Crippen LogP contribution is -2.45. The summed E-state index contributed by atoms with van der Waals surface area (Å²) in [4.78, 5) is 12.5. The Labute approximate surface area is 125 Å². The van der Waals surface area contributed by atoms with Gasteiger partial charge >= 0.3 is 0 Å². The van der Waals surface area contributed by atoms with E-state index < -0.39 is 0 Å². The van der Waals surface area contributed by atoms with Crippen molar-refractivity contribution in [3.63, 3.8) is 0 Å². The van der Waals surface area contributed by atoms with Crippen molar-refractivity contribution in [3.05, 3.63) is 35.9 Å². The minimum Gasteiger partial charge on any atom is -0.395 e. The van der Waals surface area contributed by atoms with Crippen LogP contribution >= 0.6 is 11.8 Å². The van der Waals surface area contributed by atoms with Gasteiger partial charge in [0.05, 0.1) is 12.0 Å². The minimum atomic E-state index is -0.214. The molecule has 0 saturated heterocycles. The Morgan fingerprint density at radius 3 is 2.55 bits per heavy atom. The number of hydrogen-bond acceptors (Lipinski definition) is 3. The number of carbonyl (C=O) groups excluding carboxylic acids is 1. The van der Waals surface area contributed by atoms with Gasteiger partial charge in [-0.3, -0.25) is 4.79 Å². The average Bonchev–Trinajstić information content (AvgIpc) is 3.22. The van der Waals surface area contributed by atoms with Gasteiger partial charge < -0.3 is 10.4 Å². The van der Waals surface area contributed by atoms with E-state index in [0.29, 0.717) is 0 Å². The number of benzene rings is 1. The highest BCUT2D eigenvalue weighted by Gasteiger charge is 2.49. The standard InChI is InChI=1S/C16H23NO2S/c1-12(14(11-18)20-2)17-15(19)16(8-9-16)10-13-6-4-3-5-7-13/h3-7,12,14,18H,8-11H2,1-2H3,(H,17,19). The summed E-state index contributed by atoms with van der Waals surface area (Å²) in [5.41, 5.74) is 1.00. The van der Waals surface area contributed by atoms with E-state index in [1.807, 2.05) is 31.4 Å². The van der Waals surface area contributed by atoms with E-state index in [4.69, 9.17) is 0 Å². The van der Waals surface area contributed by atoms with Crippen molar-refractivity contribution in [2.24, 2.45) is 5.41 Å². The molecule has 1 aromatic carbocycles. The number of aliphatic hydroxyl groups excluding tert-OH is 1. The van der Waals surface area contributed by atoms with E-state index in [1.54, 1.807) is 11.8 Å². The smallest absolute Gasteiger partial charge is 0.226 e. The first-order chi connectivity index (χ1) is 9.61. The number of thioether (sulfide) groups is 1. The number of hydrogen-bond donors (Lipinski definition) is 2. The third-order valence-corrected chi connectivity index (χ3v) is 5.28. The van der Waals surface area contributed by atoms with Crippen LogP contribution in [0.25, 0.3) is 0 Å². The Balaban J connectivity index is 1.95. The van der Waals surface area contributed by atoms with Crippen LogP contribution in [0, 0.1) is 5.41 Å². The maximum atomic E-state index is 12.5. The van der Waals surface area contributed by atoms with Gasteiger partial charge in [-0.25, -0.2) is 0 Å². The van der Waals surface area contributed by atoms with E-state index in [-0.39, 0.29) is 29.2 Å². The van der Waals surface area contributed by atoms with Crippen molar-refractivity contribution in [2.45, 2.75) is 37.5 Å². The third-order valence-electron chi connectivity index (χ3n) is 4.12. The summed E-state index contributed by atoms with van der Waals surface area (Å²) in [6, 6.07) is 10.2. The predicted molar refractivity (Wildman–Crippen MR) is 83.8 cm³/mol. The zero-order valence-electron chi connectivity index (χ0n) is 12.1. The highest BCUT2D eigenvalue weighted by molar-refractivity contribution is 7.99. The van der Waals surface area contributed by atoms with Crippen LogP contribution in [0.4, 0.5) is 0 Å². The summed E-state index contributed by atoms with van der Waals surface area (Å²) in [6.45, 7) is 2.06. The van der Waals surface area contributed by atoms with Gasteiger partial charge in [-0.15, -0.1) is 0 Å². The van der Waals surface area contributed by atoms with Crippen LogP contribution in [0.5, 0.6) is 0 Å². The molecule has 20 heavy (non-hydrogen) atoms. The van der Waals surface area contributed by atoms with Crippen LogP contribution in [0.3, 0.4) is 0 Å². The van der Waals surface area contributed by atoms with Gasteiger partial charge in [0.25, 0.3) is 0 Å². The fraction of sp³-hybridized carbons (Fsp3) is 0.562. The Morgan fingerprint density at radius 2 is 2.05 bits per heavy atom. The zero-order valence-corrected chi connectivity index (χ0v) is 13.0. The van der Waals surface area contributed by atoms with Crippen molar-refractivity contribution in [3.8, 4) is 0 Å². The lowest BCUT2D eigenvalue weighted by molar-refractivity contribution is -0.127. The van der Waals surface area contributed by atoms with E-state index in [0.717, 1.165) is 19.3 Å². The van der Waals surface area contributed by atoms with E-state index >= 15 is 0 Å². The van der Waals surface area contributed by atoms with Crippen LogP contribution in [0.1, 0.15) is 25.3 Å². The van der Waals surface area contributed by atoms with Crippen LogP contribution in [-0.2, 0) is 11.2 Å². The molecule has 1 aliphatic rings. The first-order valence-corrected chi connectivity index (χ1v) is 8.38. The normalized spacial score (nSPS) is 19.1. The third kappa shape index (κ3) is 3.55. The number of amides is 1. The molecular formula is C16H23NO2S. The molecule has 0 aromatic heterocycles. The Bertz CT molecular complexity index is 441. The molecule has 2 rings (SSSR count). The fourth-order valence-corrected chi connectivity index (χ4v) is 3.14. The summed E-state index contributed by atoms with van der Waals surface area (Å²) in [7, 11) is 0. The van der Waals surface area contributed by atoms with Crippen molar-refractivity contribution in [1.82, 2.24) is 5.32 Å².